The topological polar surface area (TPSA) is 102 Å². The maximum absolute atomic E-state index is 12.4. The number of nitrogens with zero attached hydrogens (tertiary/aromatic N) is 2. The number of rotatable bonds is 4. The maximum Gasteiger partial charge on any atom is 0.410 e. The van der Waals surface area contributed by atoms with Gasteiger partial charge in [0, 0.05) is 48.9 Å². The number of carbonyl (C=O) groups is 2. The van der Waals surface area contributed by atoms with Crippen molar-refractivity contribution in [2.45, 2.75) is 30.7 Å². The first-order chi connectivity index (χ1) is 11.9. The van der Waals surface area contributed by atoms with Crippen LogP contribution in [0.1, 0.15) is 18.4 Å². The van der Waals surface area contributed by atoms with Gasteiger partial charge in [-0.1, -0.05) is 0 Å². The minimum Gasteiger partial charge on any atom is -0.445 e. The second kappa shape index (κ2) is 7.30. The van der Waals surface area contributed by atoms with E-state index in [9.17, 15) is 19.7 Å². The number of nitrogens with one attached hydrogen (secondary N) is 1. The summed E-state index contributed by atoms with van der Waals surface area (Å²) >= 11 is 4.47. The Balaban J connectivity index is 1.59. The van der Waals surface area contributed by atoms with Crippen LogP contribution in [0.4, 0.5) is 10.5 Å². The van der Waals surface area contributed by atoms with E-state index in [1.54, 1.807) is 17.0 Å². The molecule has 2 fully saturated rings. The largest absolute Gasteiger partial charge is 0.445 e. The zero-order chi connectivity index (χ0) is 18.0. The van der Waals surface area contributed by atoms with Gasteiger partial charge in [0.05, 0.1) is 4.92 Å². The third-order valence-corrected chi connectivity index (χ3v) is 4.99. The molecule has 0 bridgehead atoms. The predicted molar refractivity (Wildman–Crippen MR) is 92.3 cm³/mol. The monoisotopic (exact) mass is 365 g/mol. The first-order valence-electron chi connectivity index (χ1n) is 8.05. The van der Waals surface area contributed by atoms with E-state index in [2.05, 4.69) is 17.9 Å². The molecule has 0 saturated carbocycles. The number of hydrogen-bond acceptors (Lipinski definition) is 6. The number of non-ortho nitro benzene ring substituents is 1. The predicted octanol–water partition coefficient (Wildman–Crippen LogP) is 1.74. The number of benzene rings is 1. The summed E-state index contributed by atoms with van der Waals surface area (Å²) in [6.07, 6.45) is 0.700. The quantitative estimate of drug-likeness (QED) is 0.481. The first-order valence-corrected chi connectivity index (χ1v) is 8.57. The van der Waals surface area contributed by atoms with E-state index < -0.39 is 11.0 Å². The lowest BCUT2D eigenvalue weighted by Gasteiger charge is -2.27. The SMILES string of the molecule is O=C1CC([C@H]2C[C@H](S)CN2C(=O)OCc2ccc([N+](=O)[O-])cc2)CN1. The normalized spacial score (nSPS) is 25.7. The molecule has 0 radical (unpaired) electrons. The van der Waals surface area contributed by atoms with E-state index in [0.717, 1.165) is 6.42 Å². The van der Waals surface area contributed by atoms with Crippen molar-refractivity contribution in [3.8, 4) is 0 Å². The van der Waals surface area contributed by atoms with Crippen molar-refractivity contribution in [2.75, 3.05) is 13.1 Å². The van der Waals surface area contributed by atoms with Crippen LogP contribution >= 0.6 is 12.6 Å². The summed E-state index contributed by atoms with van der Waals surface area (Å²) in [5.74, 6) is 0.0865. The molecule has 0 aliphatic carbocycles. The van der Waals surface area contributed by atoms with Crippen molar-refractivity contribution in [3.05, 3.63) is 39.9 Å². The van der Waals surface area contributed by atoms with Gasteiger partial charge in [-0.05, 0) is 24.1 Å². The minimum absolute atomic E-state index is 0.00631. The van der Waals surface area contributed by atoms with Crippen LogP contribution in [0.5, 0.6) is 0 Å². The molecule has 1 aromatic carbocycles. The molecule has 0 aromatic heterocycles. The zero-order valence-corrected chi connectivity index (χ0v) is 14.4. The highest BCUT2D eigenvalue weighted by molar-refractivity contribution is 7.81. The van der Waals surface area contributed by atoms with Crippen LogP contribution < -0.4 is 5.32 Å². The third-order valence-electron chi connectivity index (χ3n) is 4.62. The molecule has 2 saturated heterocycles. The molecule has 3 atom stereocenters. The van der Waals surface area contributed by atoms with E-state index in [-0.39, 0.29) is 35.4 Å². The number of carbonyl (C=O) groups excluding carboxylic acids is 2. The van der Waals surface area contributed by atoms with Gasteiger partial charge >= 0.3 is 6.09 Å². The Morgan fingerprint density at radius 3 is 2.72 bits per heavy atom. The van der Waals surface area contributed by atoms with Gasteiger partial charge in [-0.2, -0.15) is 12.6 Å². The summed E-state index contributed by atoms with van der Waals surface area (Å²) < 4.78 is 5.36. The Bertz CT molecular complexity index is 681. The number of nitro groups is 1. The lowest BCUT2D eigenvalue weighted by Crippen LogP contribution is -2.41. The molecular weight excluding hydrogens is 346 g/mol. The molecule has 9 heteroatoms. The molecule has 2 aliphatic heterocycles. The average molecular weight is 365 g/mol. The zero-order valence-electron chi connectivity index (χ0n) is 13.5. The number of amides is 2. The fourth-order valence-corrected chi connectivity index (χ4v) is 3.73. The van der Waals surface area contributed by atoms with Gasteiger partial charge in [-0.15, -0.1) is 0 Å². The minimum atomic E-state index is -0.478. The highest BCUT2D eigenvalue weighted by Crippen LogP contribution is 2.31. The second-order valence-corrected chi connectivity index (χ2v) is 7.09. The summed E-state index contributed by atoms with van der Waals surface area (Å²) in [6, 6.07) is 5.82. The summed E-state index contributed by atoms with van der Waals surface area (Å²) in [5.41, 5.74) is 0.667. The van der Waals surface area contributed by atoms with Crippen LogP contribution in [0.3, 0.4) is 0 Å². The molecule has 1 aromatic rings. The van der Waals surface area contributed by atoms with Crippen LogP contribution in [0.15, 0.2) is 24.3 Å². The summed E-state index contributed by atoms with van der Waals surface area (Å²) in [4.78, 5) is 35.7. The van der Waals surface area contributed by atoms with Crippen LogP contribution in [0.2, 0.25) is 0 Å². The van der Waals surface area contributed by atoms with Gasteiger partial charge < -0.3 is 15.0 Å². The van der Waals surface area contributed by atoms with Crippen molar-refractivity contribution in [1.29, 1.82) is 0 Å². The molecule has 2 aliphatic rings. The average Bonchev–Trinajstić information content (AvgIpc) is 3.18. The van der Waals surface area contributed by atoms with Gasteiger partial charge in [-0.3, -0.25) is 14.9 Å². The second-order valence-electron chi connectivity index (χ2n) is 6.36. The van der Waals surface area contributed by atoms with E-state index in [1.165, 1.54) is 12.1 Å². The fourth-order valence-electron chi connectivity index (χ4n) is 3.34. The fraction of sp³-hybridized carbons (Fsp3) is 0.500. The van der Waals surface area contributed by atoms with Gasteiger partial charge in [0.25, 0.3) is 5.69 Å². The Labute approximate surface area is 150 Å². The Morgan fingerprint density at radius 2 is 2.12 bits per heavy atom. The molecule has 1 N–H and O–H groups in total. The molecule has 3 rings (SSSR count). The molecule has 0 spiro atoms. The summed E-state index contributed by atoms with van der Waals surface area (Å²) in [5, 5.41) is 13.5. The maximum atomic E-state index is 12.4. The molecule has 25 heavy (non-hydrogen) atoms. The van der Waals surface area contributed by atoms with E-state index >= 15 is 0 Å². The Hall–Kier alpha value is -2.29. The first kappa shape index (κ1) is 17.5. The lowest BCUT2D eigenvalue weighted by atomic mass is 9.97. The van der Waals surface area contributed by atoms with Crippen molar-refractivity contribution < 1.29 is 19.2 Å². The van der Waals surface area contributed by atoms with Gasteiger partial charge in [-0.25, -0.2) is 4.79 Å². The molecule has 2 heterocycles. The van der Waals surface area contributed by atoms with E-state index in [1.807, 2.05) is 0 Å². The van der Waals surface area contributed by atoms with Crippen molar-refractivity contribution in [3.63, 3.8) is 0 Å². The molecule has 8 nitrogen and oxygen atoms in total. The highest BCUT2D eigenvalue weighted by atomic mass is 32.1. The lowest BCUT2D eigenvalue weighted by molar-refractivity contribution is -0.384. The van der Waals surface area contributed by atoms with Crippen LogP contribution in [-0.4, -0.2) is 46.2 Å². The third kappa shape index (κ3) is 4.04. The number of nitro benzene ring substituents is 1. The summed E-state index contributed by atoms with van der Waals surface area (Å²) in [6.45, 7) is 1.09. The molecular formula is C16H19N3O5S. The van der Waals surface area contributed by atoms with Crippen LogP contribution in [-0.2, 0) is 16.1 Å². The number of hydrogen-bond donors (Lipinski definition) is 2. The van der Waals surface area contributed by atoms with E-state index in [0.29, 0.717) is 25.1 Å². The Morgan fingerprint density at radius 1 is 1.40 bits per heavy atom. The van der Waals surface area contributed by atoms with Crippen molar-refractivity contribution in [1.82, 2.24) is 10.2 Å². The number of thiol groups is 1. The van der Waals surface area contributed by atoms with Crippen molar-refractivity contribution in [2.24, 2.45) is 5.92 Å². The van der Waals surface area contributed by atoms with Gasteiger partial charge in [0.1, 0.15) is 6.61 Å². The number of likely N-dealkylation sites (tertiary alicyclic amines) is 1. The summed E-state index contributed by atoms with van der Waals surface area (Å²) in [7, 11) is 0. The smallest absolute Gasteiger partial charge is 0.410 e. The van der Waals surface area contributed by atoms with Gasteiger partial charge in [0.15, 0.2) is 0 Å². The van der Waals surface area contributed by atoms with Gasteiger partial charge in [0.2, 0.25) is 5.91 Å². The molecule has 2 amide bonds. The Kier molecular flexibility index (Phi) is 5.12. The van der Waals surface area contributed by atoms with Crippen LogP contribution in [0.25, 0.3) is 0 Å². The van der Waals surface area contributed by atoms with Crippen LogP contribution in [0, 0.1) is 16.0 Å². The number of ether oxygens (including phenoxy) is 1. The standard InChI is InChI=1S/C16H19N3O5S/c20-15-5-11(7-17-15)14-6-13(25)8-18(14)16(21)24-9-10-1-3-12(4-2-10)19(22)23/h1-4,11,13-14,25H,5-9H2,(H,17,20)/t11?,13-,14+/m0/s1. The van der Waals surface area contributed by atoms with Crippen molar-refractivity contribution >= 4 is 30.3 Å². The van der Waals surface area contributed by atoms with E-state index in [4.69, 9.17) is 4.74 Å². The molecule has 1 unspecified atom stereocenters. The molecule has 134 valence electrons. The highest BCUT2D eigenvalue weighted by Gasteiger charge is 2.41.